The quantitative estimate of drug-likeness (QED) is 0.550. The van der Waals surface area contributed by atoms with Gasteiger partial charge in [-0.25, -0.2) is 4.98 Å². The van der Waals surface area contributed by atoms with Crippen molar-refractivity contribution in [3.8, 4) is 0 Å². The first-order chi connectivity index (χ1) is 13.3. The molecule has 0 bridgehead atoms. The van der Waals surface area contributed by atoms with Crippen LogP contribution in [0.2, 0.25) is 0 Å². The summed E-state index contributed by atoms with van der Waals surface area (Å²) in [5, 5.41) is 4.17. The van der Waals surface area contributed by atoms with Crippen LogP contribution in [-0.2, 0) is 11.2 Å². The van der Waals surface area contributed by atoms with Crippen molar-refractivity contribution in [3.05, 3.63) is 60.3 Å². The summed E-state index contributed by atoms with van der Waals surface area (Å²) in [6.45, 7) is 0. The van der Waals surface area contributed by atoms with Gasteiger partial charge < -0.3 is 9.55 Å². The number of nitrogens with one attached hydrogen (secondary N) is 2. The average Bonchev–Trinajstić information content (AvgIpc) is 3.40. The molecule has 1 aliphatic rings. The molecule has 27 heavy (non-hydrogen) atoms. The number of amides is 1. The van der Waals surface area contributed by atoms with E-state index >= 15 is 0 Å². The molecule has 0 atom stereocenters. The summed E-state index contributed by atoms with van der Waals surface area (Å²) in [5.41, 5.74) is 4.10. The lowest BCUT2D eigenvalue weighted by atomic mass is 10.1. The van der Waals surface area contributed by atoms with E-state index < -0.39 is 0 Å². The van der Waals surface area contributed by atoms with Crippen molar-refractivity contribution in [1.82, 2.24) is 14.5 Å². The Bertz CT molecular complexity index is 1120. The predicted octanol–water partition coefficient (Wildman–Crippen LogP) is 4.81. The number of H-pyrrole nitrogens is 1. The summed E-state index contributed by atoms with van der Waals surface area (Å²) < 4.78 is 2.23. The van der Waals surface area contributed by atoms with Crippen LogP contribution in [0.4, 0.5) is 5.95 Å². The average molecular weight is 358 g/mol. The smallest absolute Gasteiger partial charge is 0.231 e. The van der Waals surface area contributed by atoms with Crippen LogP contribution in [-0.4, -0.2) is 20.4 Å². The number of rotatable bonds is 4. The fraction of sp³-hybridized carbons (Fsp3) is 0.273. The van der Waals surface area contributed by atoms with Crippen LogP contribution < -0.4 is 5.32 Å². The van der Waals surface area contributed by atoms with E-state index in [0.29, 0.717) is 18.4 Å². The molecule has 136 valence electrons. The SMILES string of the molecule is O=C(Cc1c[nH]c2ccccc12)Nc1nc2ccccc2n1C1CCCC1. The number of hydrogen-bond acceptors (Lipinski definition) is 2. The number of fused-ring (bicyclic) bond motifs is 2. The zero-order chi connectivity index (χ0) is 18.2. The molecule has 0 saturated heterocycles. The minimum atomic E-state index is -0.0330. The Labute approximate surface area is 157 Å². The molecule has 1 aliphatic carbocycles. The molecule has 2 aromatic carbocycles. The molecule has 0 spiro atoms. The molecule has 2 heterocycles. The topological polar surface area (TPSA) is 62.7 Å². The number of carbonyl (C=O) groups excluding carboxylic acids is 1. The van der Waals surface area contributed by atoms with Crippen molar-refractivity contribution < 1.29 is 4.79 Å². The van der Waals surface area contributed by atoms with Gasteiger partial charge in [0, 0.05) is 23.1 Å². The van der Waals surface area contributed by atoms with Crippen LogP contribution in [0.25, 0.3) is 21.9 Å². The maximum absolute atomic E-state index is 12.8. The highest BCUT2D eigenvalue weighted by Crippen LogP contribution is 2.35. The highest BCUT2D eigenvalue weighted by atomic mass is 16.1. The predicted molar refractivity (Wildman–Crippen MR) is 108 cm³/mol. The van der Waals surface area contributed by atoms with Gasteiger partial charge in [-0.15, -0.1) is 0 Å². The van der Waals surface area contributed by atoms with E-state index in [-0.39, 0.29) is 5.91 Å². The van der Waals surface area contributed by atoms with E-state index in [1.807, 2.05) is 48.7 Å². The second-order valence-corrected chi connectivity index (χ2v) is 7.32. The van der Waals surface area contributed by atoms with Gasteiger partial charge in [0.05, 0.1) is 17.5 Å². The molecule has 2 N–H and O–H groups in total. The van der Waals surface area contributed by atoms with E-state index in [2.05, 4.69) is 20.9 Å². The van der Waals surface area contributed by atoms with Gasteiger partial charge in [-0.3, -0.25) is 10.1 Å². The number of aromatic nitrogens is 3. The first-order valence-corrected chi connectivity index (χ1v) is 9.61. The fourth-order valence-corrected chi connectivity index (χ4v) is 4.28. The van der Waals surface area contributed by atoms with Gasteiger partial charge in [0.1, 0.15) is 0 Å². The van der Waals surface area contributed by atoms with Gasteiger partial charge >= 0.3 is 0 Å². The van der Waals surface area contributed by atoms with Gasteiger partial charge in [-0.05, 0) is 36.6 Å². The van der Waals surface area contributed by atoms with E-state index in [1.54, 1.807) is 0 Å². The van der Waals surface area contributed by atoms with Crippen molar-refractivity contribution in [1.29, 1.82) is 0 Å². The van der Waals surface area contributed by atoms with Gasteiger partial charge in [0.25, 0.3) is 0 Å². The molecule has 2 aromatic heterocycles. The maximum atomic E-state index is 12.8. The van der Waals surface area contributed by atoms with Crippen molar-refractivity contribution >= 4 is 33.8 Å². The Morgan fingerprint density at radius 1 is 1.11 bits per heavy atom. The second-order valence-electron chi connectivity index (χ2n) is 7.32. The van der Waals surface area contributed by atoms with Crippen molar-refractivity contribution in [2.75, 3.05) is 5.32 Å². The molecule has 0 aliphatic heterocycles. The molecule has 1 fully saturated rings. The number of carbonyl (C=O) groups is 1. The molecular formula is C22H22N4O. The monoisotopic (exact) mass is 358 g/mol. The molecule has 5 nitrogen and oxygen atoms in total. The zero-order valence-electron chi connectivity index (χ0n) is 15.1. The number of aromatic amines is 1. The summed E-state index contributed by atoms with van der Waals surface area (Å²) in [4.78, 5) is 20.7. The van der Waals surface area contributed by atoms with E-state index in [1.165, 1.54) is 12.8 Å². The highest BCUT2D eigenvalue weighted by molar-refractivity contribution is 5.96. The van der Waals surface area contributed by atoms with Crippen LogP contribution in [0.1, 0.15) is 37.3 Å². The number of imidazole rings is 1. The number of anilines is 1. The Kier molecular flexibility index (Phi) is 3.93. The van der Waals surface area contributed by atoms with Gasteiger partial charge in [-0.1, -0.05) is 43.2 Å². The lowest BCUT2D eigenvalue weighted by molar-refractivity contribution is -0.115. The molecule has 0 unspecified atom stereocenters. The third kappa shape index (κ3) is 2.89. The molecular weight excluding hydrogens is 336 g/mol. The molecule has 5 rings (SSSR count). The van der Waals surface area contributed by atoms with Crippen LogP contribution in [0.5, 0.6) is 0 Å². The number of nitrogens with zero attached hydrogens (tertiary/aromatic N) is 2. The highest BCUT2D eigenvalue weighted by Gasteiger charge is 2.23. The van der Waals surface area contributed by atoms with Gasteiger partial charge in [0.15, 0.2) is 0 Å². The van der Waals surface area contributed by atoms with Gasteiger partial charge in [0.2, 0.25) is 11.9 Å². The van der Waals surface area contributed by atoms with E-state index in [0.717, 1.165) is 40.3 Å². The summed E-state index contributed by atoms with van der Waals surface area (Å²) in [7, 11) is 0. The fourth-order valence-electron chi connectivity index (χ4n) is 4.28. The van der Waals surface area contributed by atoms with Crippen LogP contribution in [0, 0.1) is 0 Å². The molecule has 5 heteroatoms. The number of para-hydroxylation sites is 3. The van der Waals surface area contributed by atoms with E-state index in [4.69, 9.17) is 4.98 Å². The summed E-state index contributed by atoms with van der Waals surface area (Å²) >= 11 is 0. The largest absolute Gasteiger partial charge is 0.361 e. The van der Waals surface area contributed by atoms with Gasteiger partial charge in [-0.2, -0.15) is 0 Å². The third-order valence-corrected chi connectivity index (χ3v) is 5.56. The van der Waals surface area contributed by atoms with Crippen molar-refractivity contribution in [3.63, 3.8) is 0 Å². The Balaban J connectivity index is 1.45. The summed E-state index contributed by atoms with van der Waals surface area (Å²) in [6.07, 6.45) is 7.01. The molecule has 1 amide bonds. The minimum absolute atomic E-state index is 0.0330. The normalized spacial score (nSPS) is 15.0. The second kappa shape index (κ2) is 6.58. The first-order valence-electron chi connectivity index (χ1n) is 9.61. The van der Waals surface area contributed by atoms with Crippen molar-refractivity contribution in [2.45, 2.75) is 38.1 Å². The third-order valence-electron chi connectivity index (χ3n) is 5.56. The summed E-state index contributed by atoms with van der Waals surface area (Å²) in [5.74, 6) is 0.641. The van der Waals surface area contributed by atoms with Crippen molar-refractivity contribution in [2.24, 2.45) is 0 Å². The Hall–Kier alpha value is -3.08. The summed E-state index contributed by atoms with van der Waals surface area (Å²) in [6, 6.07) is 16.6. The molecule has 0 radical (unpaired) electrons. The van der Waals surface area contributed by atoms with E-state index in [9.17, 15) is 4.79 Å². The Morgan fingerprint density at radius 3 is 2.78 bits per heavy atom. The number of benzene rings is 2. The van der Waals surface area contributed by atoms with Crippen LogP contribution in [0.3, 0.4) is 0 Å². The number of hydrogen-bond donors (Lipinski definition) is 2. The van der Waals surface area contributed by atoms with Crippen LogP contribution >= 0.6 is 0 Å². The maximum Gasteiger partial charge on any atom is 0.231 e. The molecule has 4 aromatic rings. The minimum Gasteiger partial charge on any atom is -0.361 e. The molecule has 1 saturated carbocycles. The zero-order valence-corrected chi connectivity index (χ0v) is 15.1. The standard InChI is InChI=1S/C22H22N4O/c27-21(13-15-14-23-18-10-4-3-9-17(15)18)25-22-24-19-11-5-6-12-20(19)26(22)16-7-1-2-8-16/h3-6,9-12,14,16,23H,1-2,7-8,13H2,(H,24,25,27). The van der Waals surface area contributed by atoms with Crippen LogP contribution in [0.15, 0.2) is 54.7 Å². The lowest BCUT2D eigenvalue weighted by Crippen LogP contribution is -2.19. The Morgan fingerprint density at radius 2 is 1.89 bits per heavy atom. The first kappa shape index (κ1) is 16.1. The lowest BCUT2D eigenvalue weighted by Gasteiger charge is -2.16.